The van der Waals surface area contributed by atoms with Crippen LogP contribution in [0.25, 0.3) is 0 Å². The SMILES string of the molecule is CCNC(CCC(F)(F)F)Cc1cccc(F)c1Cl. The summed E-state index contributed by atoms with van der Waals surface area (Å²) in [6, 6.07) is 3.99. The van der Waals surface area contributed by atoms with Crippen LogP contribution in [0.3, 0.4) is 0 Å². The second-order valence-corrected chi connectivity index (χ2v) is 4.70. The van der Waals surface area contributed by atoms with Crippen molar-refractivity contribution in [1.29, 1.82) is 0 Å². The molecule has 0 saturated carbocycles. The fourth-order valence-corrected chi connectivity index (χ4v) is 2.08. The lowest BCUT2D eigenvalue weighted by atomic mass is 10.0. The highest BCUT2D eigenvalue weighted by atomic mass is 35.5. The molecular formula is C13H16ClF4N. The molecule has 1 nitrogen and oxygen atoms in total. The van der Waals surface area contributed by atoms with E-state index in [1.807, 2.05) is 6.92 Å². The highest BCUT2D eigenvalue weighted by Crippen LogP contribution is 2.25. The molecule has 0 bridgehead atoms. The molecule has 0 heterocycles. The smallest absolute Gasteiger partial charge is 0.314 e. The zero-order valence-electron chi connectivity index (χ0n) is 10.5. The summed E-state index contributed by atoms with van der Waals surface area (Å²) >= 11 is 5.80. The van der Waals surface area contributed by atoms with Crippen LogP contribution in [0, 0.1) is 5.82 Å². The Hall–Kier alpha value is -0.810. The van der Waals surface area contributed by atoms with Gasteiger partial charge in [0.15, 0.2) is 0 Å². The molecule has 0 amide bonds. The molecule has 0 aliphatic carbocycles. The molecule has 1 atom stereocenters. The van der Waals surface area contributed by atoms with Crippen LogP contribution in [-0.2, 0) is 6.42 Å². The molecule has 0 spiro atoms. The van der Waals surface area contributed by atoms with E-state index in [2.05, 4.69) is 5.32 Å². The third-order valence-corrected chi connectivity index (χ3v) is 3.19. The molecule has 0 saturated heterocycles. The van der Waals surface area contributed by atoms with Crippen molar-refractivity contribution in [1.82, 2.24) is 5.32 Å². The van der Waals surface area contributed by atoms with Gasteiger partial charge in [0.05, 0.1) is 5.02 Å². The first-order valence-corrected chi connectivity index (χ1v) is 6.44. The lowest BCUT2D eigenvalue weighted by Gasteiger charge is -2.19. The predicted molar refractivity (Wildman–Crippen MR) is 67.9 cm³/mol. The number of hydrogen-bond acceptors (Lipinski definition) is 1. The fraction of sp³-hybridized carbons (Fsp3) is 0.538. The van der Waals surface area contributed by atoms with E-state index in [4.69, 9.17) is 11.6 Å². The van der Waals surface area contributed by atoms with Gasteiger partial charge in [-0.25, -0.2) is 4.39 Å². The van der Waals surface area contributed by atoms with E-state index < -0.39 is 18.4 Å². The molecule has 0 aromatic heterocycles. The van der Waals surface area contributed by atoms with Crippen molar-refractivity contribution in [2.45, 2.75) is 38.4 Å². The van der Waals surface area contributed by atoms with Crippen LogP contribution >= 0.6 is 11.6 Å². The Balaban J connectivity index is 2.70. The third kappa shape index (κ3) is 5.78. The zero-order chi connectivity index (χ0) is 14.5. The maximum absolute atomic E-state index is 13.3. The van der Waals surface area contributed by atoms with Crippen molar-refractivity contribution in [3.8, 4) is 0 Å². The van der Waals surface area contributed by atoms with Crippen molar-refractivity contribution in [3.05, 3.63) is 34.6 Å². The molecule has 19 heavy (non-hydrogen) atoms. The second kappa shape index (κ2) is 7.10. The monoisotopic (exact) mass is 297 g/mol. The normalized spacial score (nSPS) is 13.6. The lowest BCUT2D eigenvalue weighted by molar-refractivity contribution is -0.136. The minimum atomic E-state index is -4.18. The van der Waals surface area contributed by atoms with Gasteiger partial charge in [-0.15, -0.1) is 0 Å². The van der Waals surface area contributed by atoms with Gasteiger partial charge in [-0.2, -0.15) is 13.2 Å². The summed E-state index contributed by atoms with van der Waals surface area (Å²) in [6.07, 6.45) is -4.82. The first kappa shape index (κ1) is 16.2. The molecule has 0 fully saturated rings. The van der Waals surface area contributed by atoms with Gasteiger partial charge in [-0.1, -0.05) is 30.7 Å². The summed E-state index contributed by atoms with van der Waals surface area (Å²) < 4.78 is 49.9. The third-order valence-electron chi connectivity index (χ3n) is 2.77. The Morgan fingerprint density at radius 1 is 1.32 bits per heavy atom. The van der Waals surface area contributed by atoms with Gasteiger partial charge >= 0.3 is 6.18 Å². The number of halogens is 5. The van der Waals surface area contributed by atoms with Crippen molar-refractivity contribution in [2.24, 2.45) is 0 Å². The molecule has 1 N–H and O–H groups in total. The fourth-order valence-electron chi connectivity index (χ4n) is 1.87. The topological polar surface area (TPSA) is 12.0 Å². The highest BCUT2D eigenvalue weighted by Gasteiger charge is 2.28. The minimum absolute atomic E-state index is 0.0163. The van der Waals surface area contributed by atoms with Crippen molar-refractivity contribution in [2.75, 3.05) is 6.54 Å². The molecule has 108 valence electrons. The van der Waals surface area contributed by atoms with Gasteiger partial charge in [-0.05, 0) is 31.0 Å². The lowest BCUT2D eigenvalue weighted by Crippen LogP contribution is -2.32. The molecular weight excluding hydrogens is 282 g/mol. The standard InChI is InChI=1S/C13H16ClF4N/c1-2-19-10(6-7-13(16,17)18)8-9-4-3-5-11(15)12(9)14/h3-5,10,19H,2,6-8H2,1H3. The van der Waals surface area contributed by atoms with E-state index in [9.17, 15) is 17.6 Å². The van der Waals surface area contributed by atoms with Crippen LogP contribution in [0.5, 0.6) is 0 Å². The Kier molecular flexibility index (Phi) is 6.07. The van der Waals surface area contributed by atoms with Gasteiger partial charge in [0, 0.05) is 12.5 Å². The number of hydrogen-bond donors (Lipinski definition) is 1. The summed E-state index contributed by atoms with van der Waals surface area (Å²) in [5.74, 6) is -0.551. The van der Waals surface area contributed by atoms with E-state index >= 15 is 0 Å². The molecule has 1 aromatic carbocycles. The summed E-state index contributed by atoms with van der Waals surface area (Å²) in [4.78, 5) is 0. The van der Waals surface area contributed by atoms with Crippen LogP contribution in [0.1, 0.15) is 25.3 Å². The van der Waals surface area contributed by atoms with E-state index in [1.165, 1.54) is 12.1 Å². The van der Waals surface area contributed by atoms with Gasteiger partial charge in [0.2, 0.25) is 0 Å². The molecule has 1 unspecified atom stereocenters. The molecule has 1 aromatic rings. The molecule has 6 heteroatoms. The summed E-state index contributed by atoms with van der Waals surface area (Å²) in [5.41, 5.74) is 0.523. The average molecular weight is 298 g/mol. The number of rotatable bonds is 6. The molecule has 0 aliphatic heterocycles. The number of likely N-dealkylation sites (N-methyl/N-ethyl adjacent to an activating group) is 1. The van der Waals surface area contributed by atoms with Gasteiger partial charge < -0.3 is 5.32 Å². The van der Waals surface area contributed by atoms with E-state index in [0.29, 0.717) is 12.1 Å². The first-order chi connectivity index (χ1) is 8.83. The number of benzene rings is 1. The first-order valence-electron chi connectivity index (χ1n) is 6.06. The quantitative estimate of drug-likeness (QED) is 0.770. The van der Waals surface area contributed by atoms with Crippen LogP contribution < -0.4 is 5.32 Å². The van der Waals surface area contributed by atoms with Crippen LogP contribution in [-0.4, -0.2) is 18.8 Å². The van der Waals surface area contributed by atoms with Gasteiger partial charge in [0.1, 0.15) is 5.82 Å². The number of nitrogens with one attached hydrogen (secondary N) is 1. The van der Waals surface area contributed by atoms with E-state index in [0.717, 1.165) is 0 Å². The second-order valence-electron chi connectivity index (χ2n) is 4.33. The summed E-state index contributed by atoms with van der Waals surface area (Å²) in [5, 5.41) is 2.95. The summed E-state index contributed by atoms with van der Waals surface area (Å²) in [7, 11) is 0. The zero-order valence-corrected chi connectivity index (χ0v) is 11.3. The Morgan fingerprint density at radius 2 is 2.00 bits per heavy atom. The Labute approximate surface area is 115 Å². The van der Waals surface area contributed by atoms with Gasteiger partial charge in [0.25, 0.3) is 0 Å². The van der Waals surface area contributed by atoms with E-state index in [1.54, 1.807) is 6.07 Å². The largest absolute Gasteiger partial charge is 0.389 e. The minimum Gasteiger partial charge on any atom is -0.314 e. The maximum atomic E-state index is 13.3. The van der Waals surface area contributed by atoms with E-state index in [-0.39, 0.29) is 23.9 Å². The van der Waals surface area contributed by atoms with Crippen LogP contribution in [0.2, 0.25) is 5.02 Å². The molecule has 1 rings (SSSR count). The predicted octanol–water partition coefficient (Wildman–Crippen LogP) is 4.34. The van der Waals surface area contributed by atoms with Gasteiger partial charge in [-0.3, -0.25) is 0 Å². The summed E-state index contributed by atoms with van der Waals surface area (Å²) in [6.45, 7) is 2.36. The Morgan fingerprint density at radius 3 is 2.58 bits per heavy atom. The van der Waals surface area contributed by atoms with Crippen molar-refractivity contribution < 1.29 is 17.6 Å². The molecule has 0 radical (unpaired) electrons. The number of alkyl halides is 3. The van der Waals surface area contributed by atoms with Crippen LogP contribution in [0.15, 0.2) is 18.2 Å². The van der Waals surface area contributed by atoms with Crippen molar-refractivity contribution in [3.63, 3.8) is 0 Å². The average Bonchev–Trinajstić information content (AvgIpc) is 2.31. The highest BCUT2D eigenvalue weighted by molar-refractivity contribution is 6.31. The molecule has 0 aliphatic rings. The van der Waals surface area contributed by atoms with Crippen LogP contribution in [0.4, 0.5) is 17.6 Å². The maximum Gasteiger partial charge on any atom is 0.389 e. The Bertz CT molecular complexity index is 406. The van der Waals surface area contributed by atoms with Crippen molar-refractivity contribution >= 4 is 11.6 Å².